The number of esters is 2. The number of cyclic esters (lactones) is 2. The molecule has 0 fully saturated rings. The standard InChI is InChI=1S/C18H9IO3/c19-16-12-9-5-4-8-11(12)13(10-6-2-1-3-7-10)14-15(16)18(21)22-17(14)20/h1-9H. The maximum atomic E-state index is 12.2. The van der Waals surface area contributed by atoms with Crippen molar-refractivity contribution in [3.8, 4) is 11.1 Å². The summed E-state index contributed by atoms with van der Waals surface area (Å²) in [7, 11) is 0. The predicted octanol–water partition coefficient (Wildman–Crippen LogP) is 4.42. The van der Waals surface area contributed by atoms with Crippen molar-refractivity contribution in [2.45, 2.75) is 0 Å². The van der Waals surface area contributed by atoms with Crippen molar-refractivity contribution >= 4 is 45.3 Å². The second-order valence-corrected chi connectivity index (χ2v) is 6.11. The second kappa shape index (κ2) is 4.91. The van der Waals surface area contributed by atoms with E-state index in [-0.39, 0.29) is 0 Å². The number of ether oxygens (including phenoxy) is 1. The van der Waals surface area contributed by atoms with Gasteiger partial charge in [0.15, 0.2) is 0 Å². The van der Waals surface area contributed by atoms with Crippen LogP contribution in [0.3, 0.4) is 0 Å². The van der Waals surface area contributed by atoms with Gasteiger partial charge in [0.25, 0.3) is 0 Å². The minimum atomic E-state index is -0.567. The molecule has 3 aromatic rings. The number of hydrogen-bond donors (Lipinski definition) is 0. The van der Waals surface area contributed by atoms with Crippen LogP contribution in [0, 0.1) is 3.57 Å². The molecular formula is C18H9IO3. The van der Waals surface area contributed by atoms with Gasteiger partial charge in [-0.15, -0.1) is 0 Å². The van der Waals surface area contributed by atoms with Gasteiger partial charge in [-0.3, -0.25) is 0 Å². The average Bonchev–Trinajstić information content (AvgIpc) is 2.84. The lowest BCUT2D eigenvalue weighted by atomic mass is 9.90. The molecule has 0 bridgehead atoms. The first-order valence-corrected chi connectivity index (χ1v) is 7.82. The summed E-state index contributed by atoms with van der Waals surface area (Å²) in [6.45, 7) is 0. The Balaban J connectivity index is 2.25. The lowest BCUT2D eigenvalue weighted by Gasteiger charge is -2.12. The van der Waals surface area contributed by atoms with E-state index < -0.39 is 11.9 Å². The molecule has 0 saturated carbocycles. The van der Waals surface area contributed by atoms with E-state index in [1.165, 1.54) is 0 Å². The molecule has 0 atom stereocenters. The Bertz CT molecular complexity index is 945. The molecule has 0 saturated heterocycles. The van der Waals surface area contributed by atoms with E-state index in [2.05, 4.69) is 22.6 Å². The van der Waals surface area contributed by atoms with Crippen molar-refractivity contribution in [2.75, 3.05) is 0 Å². The highest BCUT2D eigenvalue weighted by Crippen LogP contribution is 2.41. The Morgan fingerprint density at radius 2 is 1.27 bits per heavy atom. The van der Waals surface area contributed by atoms with Gasteiger partial charge in [0.1, 0.15) is 0 Å². The van der Waals surface area contributed by atoms with E-state index in [9.17, 15) is 9.59 Å². The minimum Gasteiger partial charge on any atom is -0.386 e. The Kier molecular flexibility index (Phi) is 3.00. The third kappa shape index (κ3) is 1.80. The molecular weight excluding hydrogens is 391 g/mol. The van der Waals surface area contributed by atoms with Gasteiger partial charge in [0.05, 0.1) is 11.1 Å². The quantitative estimate of drug-likeness (QED) is 0.345. The summed E-state index contributed by atoms with van der Waals surface area (Å²) in [5.74, 6) is -1.13. The summed E-state index contributed by atoms with van der Waals surface area (Å²) in [4.78, 5) is 24.3. The van der Waals surface area contributed by atoms with Crippen molar-refractivity contribution in [3.63, 3.8) is 0 Å². The van der Waals surface area contributed by atoms with Crippen molar-refractivity contribution in [1.82, 2.24) is 0 Å². The number of benzene rings is 3. The molecule has 0 N–H and O–H groups in total. The minimum absolute atomic E-state index is 0.374. The molecule has 1 aliphatic rings. The Labute approximate surface area is 140 Å². The number of fused-ring (bicyclic) bond motifs is 2. The fourth-order valence-corrected chi connectivity index (χ4v) is 3.84. The smallest absolute Gasteiger partial charge is 0.348 e. The van der Waals surface area contributed by atoms with Crippen LogP contribution >= 0.6 is 22.6 Å². The molecule has 0 spiro atoms. The van der Waals surface area contributed by atoms with Gasteiger partial charge in [-0.2, -0.15) is 0 Å². The predicted molar refractivity (Wildman–Crippen MR) is 91.8 cm³/mol. The SMILES string of the molecule is O=C1OC(=O)c2c1c(I)c1ccccc1c2-c1ccccc1. The topological polar surface area (TPSA) is 43.4 Å². The zero-order valence-corrected chi connectivity index (χ0v) is 13.5. The second-order valence-electron chi connectivity index (χ2n) is 5.03. The maximum Gasteiger partial charge on any atom is 0.348 e. The van der Waals surface area contributed by atoms with E-state index in [4.69, 9.17) is 4.74 Å². The van der Waals surface area contributed by atoms with Gasteiger partial charge in [0, 0.05) is 9.13 Å². The summed E-state index contributed by atoms with van der Waals surface area (Å²) >= 11 is 2.11. The highest BCUT2D eigenvalue weighted by atomic mass is 127. The van der Waals surface area contributed by atoms with Crippen molar-refractivity contribution < 1.29 is 14.3 Å². The molecule has 106 valence electrons. The van der Waals surface area contributed by atoms with Gasteiger partial charge in [0.2, 0.25) is 0 Å². The summed E-state index contributed by atoms with van der Waals surface area (Å²) in [5, 5.41) is 1.90. The van der Waals surface area contributed by atoms with Crippen LogP contribution in [0.25, 0.3) is 21.9 Å². The molecule has 3 aromatic carbocycles. The third-order valence-electron chi connectivity index (χ3n) is 3.81. The number of halogens is 1. The number of carbonyl (C=O) groups excluding carboxylic acids is 2. The fraction of sp³-hybridized carbons (Fsp3) is 0. The summed E-state index contributed by atoms with van der Waals surface area (Å²) in [5.41, 5.74) is 2.42. The zero-order chi connectivity index (χ0) is 15.3. The van der Waals surface area contributed by atoms with Gasteiger partial charge in [-0.1, -0.05) is 54.6 Å². The molecule has 3 nitrogen and oxygen atoms in total. The molecule has 4 rings (SSSR count). The first-order valence-electron chi connectivity index (χ1n) is 6.74. The highest BCUT2D eigenvalue weighted by Gasteiger charge is 2.36. The van der Waals surface area contributed by atoms with E-state index >= 15 is 0 Å². The first kappa shape index (κ1) is 13.5. The molecule has 0 unspecified atom stereocenters. The summed E-state index contributed by atoms with van der Waals surface area (Å²) < 4.78 is 5.63. The van der Waals surface area contributed by atoms with Crippen LogP contribution in [-0.2, 0) is 4.74 Å². The third-order valence-corrected chi connectivity index (χ3v) is 4.93. The molecule has 0 radical (unpaired) electrons. The van der Waals surface area contributed by atoms with Gasteiger partial charge < -0.3 is 4.74 Å². The Morgan fingerprint density at radius 1 is 0.682 bits per heavy atom. The van der Waals surface area contributed by atoms with Crippen LogP contribution < -0.4 is 0 Å². The molecule has 0 amide bonds. The largest absolute Gasteiger partial charge is 0.386 e. The lowest BCUT2D eigenvalue weighted by molar-refractivity contribution is 0.0444. The van der Waals surface area contributed by atoms with Crippen LogP contribution in [0.4, 0.5) is 0 Å². The Hall–Kier alpha value is -2.21. The molecule has 1 aliphatic heterocycles. The maximum absolute atomic E-state index is 12.2. The number of hydrogen-bond acceptors (Lipinski definition) is 3. The molecule has 0 aliphatic carbocycles. The summed E-state index contributed by atoms with van der Waals surface area (Å²) in [6, 6.07) is 17.4. The first-order chi connectivity index (χ1) is 10.7. The lowest BCUT2D eigenvalue weighted by Crippen LogP contribution is -2.00. The number of rotatable bonds is 1. The van der Waals surface area contributed by atoms with Crippen molar-refractivity contribution in [2.24, 2.45) is 0 Å². The molecule has 1 heterocycles. The molecule has 4 heteroatoms. The monoisotopic (exact) mass is 400 g/mol. The molecule has 22 heavy (non-hydrogen) atoms. The van der Waals surface area contributed by atoms with Gasteiger partial charge in [-0.25, -0.2) is 9.59 Å². The fourth-order valence-electron chi connectivity index (χ4n) is 2.88. The Morgan fingerprint density at radius 3 is 2.00 bits per heavy atom. The van der Waals surface area contributed by atoms with Gasteiger partial charge >= 0.3 is 11.9 Å². The highest BCUT2D eigenvalue weighted by molar-refractivity contribution is 14.1. The van der Waals surface area contributed by atoms with Crippen LogP contribution in [0.1, 0.15) is 20.7 Å². The van der Waals surface area contributed by atoms with E-state index in [1.807, 2.05) is 54.6 Å². The molecule has 0 aromatic heterocycles. The van der Waals surface area contributed by atoms with E-state index in [0.717, 1.165) is 25.5 Å². The van der Waals surface area contributed by atoms with E-state index in [0.29, 0.717) is 11.1 Å². The van der Waals surface area contributed by atoms with Crippen LogP contribution in [0.15, 0.2) is 54.6 Å². The normalized spacial score (nSPS) is 13.3. The number of carbonyl (C=O) groups is 2. The summed E-state index contributed by atoms with van der Waals surface area (Å²) in [6.07, 6.45) is 0. The van der Waals surface area contributed by atoms with Crippen LogP contribution in [0.2, 0.25) is 0 Å². The van der Waals surface area contributed by atoms with Crippen molar-refractivity contribution in [3.05, 3.63) is 69.3 Å². The zero-order valence-electron chi connectivity index (χ0n) is 11.3. The van der Waals surface area contributed by atoms with Crippen LogP contribution in [0.5, 0.6) is 0 Å². The van der Waals surface area contributed by atoms with Gasteiger partial charge in [-0.05, 0) is 38.9 Å². The van der Waals surface area contributed by atoms with E-state index in [1.54, 1.807) is 0 Å². The van der Waals surface area contributed by atoms with Crippen LogP contribution in [-0.4, -0.2) is 11.9 Å². The average molecular weight is 400 g/mol. The van der Waals surface area contributed by atoms with Crippen molar-refractivity contribution in [1.29, 1.82) is 0 Å².